The fourth-order valence-electron chi connectivity index (χ4n) is 2.57. The minimum Gasteiger partial charge on any atom is -0.343 e. The van der Waals surface area contributed by atoms with Crippen LogP contribution in [0, 0.1) is 5.82 Å². The molecule has 0 amide bonds. The first kappa shape index (κ1) is 20.8. The molecule has 0 fully saturated rings. The lowest BCUT2D eigenvalue weighted by Crippen LogP contribution is -2.04. The molecule has 3 aromatic rings. The predicted molar refractivity (Wildman–Crippen MR) is 109 cm³/mol. The minimum absolute atomic E-state index is 0.223. The van der Waals surface area contributed by atoms with Crippen molar-refractivity contribution in [1.29, 1.82) is 0 Å². The molecule has 3 rings (SSSR count). The van der Waals surface area contributed by atoms with Gasteiger partial charge in [-0.15, -0.1) is 0 Å². The molecule has 0 unspecified atom stereocenters. The van der Waals surface area contributed by atoms with Crippen LogP contribution in [0.4, 0.5) is 17.6 Å². The van der Waals surface area contributed by atoms with Gasteiger partial charge < -0.3 is 4.57 Å². The first-order valence-corrected chi connectivity index (χ1v) is 10.2. The number of benzene rings is 2. The predicted octanol–water partition coefficient (Wildman–Crippen LogP) is 6.89. The van der Waals surface area contributed by atoms with E-state index < -0.39 is 17.6 Å². The molecule has 0 radical (unpaired) electrons. The van der Waals surface area contributed by atoms with Crippen molar-refractivity contribution in [3.05, 3.63) is 64.6 Å². The van der Waals surface area contributed by atoms with Crippen LogP contribution < -0.4 is 0 Å². The number of fused-ring (bicyclic) bond motifs is 1. The number of aromatic nitrogens is 1. The fraction of sp³-hybridized carbons (Fsp3) is 0.111. The lowest BCUT2D eigenvalue weighted by molar-refractivity contribution is -0.137. The fourth-order valence-corrected chi connectivity index (χ4v) is 4.26. The number of alkyl halides is 3. The van der Waals surface area contributed by atoms with E-state index in [1.54, 1.807) is 16.8 Å². The van der Waals surface area contributed by atoms with Gasteiger partial charge in [0.2, 0.25) is 0 Å². The number of aliphatic imine (C=N–C) groups is 1. The summed E-state index contributed by atoms with van der Waals surface area (Å²) in [5.41, 5.74) is 0.405. The maximum absolute atomic E-state index is 14.4. The normalized spacial score (nSPS) is 12.2. The largest absolute Gasteiger partial charge is 0.416 e. The summed E-state index contributed by atoms with van der Waals surface area (Å²) in [5, 5.41) is 0.799. The molecule has 1 aromatic heterocycles. The zero-order valence-electron chi connectivity index (χ0n) is 14.1. The second kappa shape index (κ2) is 8.59. The van der Waals surface area contributed by atoms with Gasteiger partial charge in [0, 0.05) is 28.7 Å². The third kappa shape index (κ3) is 4.71. The Morgan fingerprint density at radius 3 is 2.68 bits per heavy atom. The Bertz CT molecular complexity index is 1050. The molecule has 0 aliphatic heterocycles. The van der Waals surface area contributed by atoms with Gasteiger partial charge in [0.05, 0.1) is 21.4 Å². The highest BCUT2D eigenvalue weighted by atomic mass is 35.5. The van der Waals surface area contributed by atoms with Gasteiger partial charge in [0.1, 0.15) is 12.2 Å². The molecular weight excluding hydrogens is 434 g/mol. The van der Waals surface area contributed by atoms with Crippen LogP contribution >= 0.6 is 33.4 Å². The second-order valence-electron chi connectivity index (χ2n) is 5.65. The summed E-state index contributed by atoms with van der Waals surface area (Å²) in [5.74, 6) is -0.463. The van der Waals surface area contributed by atoms with E-state index in [2.05, 4.69) is 16.1 Å². The summed E-state index contributed by atoms with van der Waals surface area (Å²) in [4.78, 5) is 3.76. The van der Waals surface area contributed by atoms with Crippen LogP contribution in [0.1, 0.15) is 11.1 Å². The highest BCUT2D eigenvalue weighted by Crippen LogP contribution is 2.37. The van der Waals surface area contributed by atoms with Gasteiger partial charge in [-0.05, 0) is 59.5 Å². The maximum Gasteiger partial charge on any atom is 0.416 e. The van der Waals surface area contributed by atoms with Crippen molar-refractivity contribution in [2.75, 3.05) is 0 Å². The van der Waals surface area contributed by atoms with Gasteiger partial charge in [0.25, 0.3) is 0 Å². The minimum atomic E-state index is -4.40. The number of hydrogen-bond acceptors (Lipinski definition) is 3. The van der Waals surface area contributed by atoms with Crippen molar-refractivity contribution in [1.82, 2.24) is 4.57 Å². The molecule has 0 bridgehead atoms. The Balaban J connectivity index is 1.84. The summed E-state index contributed by atoms with van der Waals surface area (Å²) in [6.45, 7) is 3.47. The van der Waals surface area contributed by atoms with Crippen LogP contribution in [0.25, 0.3) is 10.9 Å². The van der Waals surface area contributed by atoms with Crippen molar-refractivity contribution in [3.8, 4) is 0 Å². The Labute approximate surface area is 171 Å². The van der Waals surface area contributed by atoms with Crippen molar-refractivity contribution in [3.63, 3.8) is 0 Å². The summed E-state index contributed by atoms with van der Waals surface area (Å²) in [7, 11) is 2.11. The van der Waals surface area contributed by atoms with E-state index in [1.165, 1.54) is 24.5 Å². The highest BCUT2D eigenvalue weighted by molar-refractivity contribution is 8.76. The van der Waals surface area contributed by atoms with E-state index in [4.69, 9.17) is 11.6 Å². The van der Waals surface area contributed by atoms with Crippen molar-refractivity contribution in [2.24, 2.45) is 9.39 Å². The van der Waals surface area contributed by atoms with Crippen molar-refractivity contribution < 1.29 is 17.6 Å². The zero-order valence-corrected chi connectivity index (χ0v) is 16.5. The second-order valence-corrected chi connectivity index (χ2v) is 7.97. The quantitative estimate of drug-likeness (QED) is 0.136. The highest BCUT2D eigenvalue weighted by Gasteiger charge is 2.30. The van der Waals surface area contributed by atoms with Crippen molar-refractivity contribution >= 4 is 57.3 Å². The summed E-state index contributed by atoms with van der Waals surface area (Å²) < 4.78 is 58.4. The average molecular weight is 446 g/mol. The van der Waals surface area contributed by atoms with Gasteiger partial charge >= 0.3 is 6.18 Å². The third-order valence-corrected chi connectivity index (χ3v) is 5.96. The topological polar surface area (TPSA) is 29.6 Å². The van der Waals surface area contributed by atoms with Gasteiger partial charge in [-0.2, -0.15) is 17.6 Å². The first-order valence-electron chi connectivity index (χ1n) is 7.75. The molecular formula is C18H12ClF4N3S2. The molecule has 0 aliphatic rings. The monoisotopic (exact) mass is 445 g/mol. The molecule has 0 saturated carbocycles. The number of hydrogen-bond donors (Lipinski definition) is 0. The van der Waals surface area contributed by atoms with E-state index in [9.17, 15) is 17.6 Å². The number of nitrogens with zero attached hydrogens (tertiary/aromatic N) is 3. The molecule has 0 N–H and O–H groups in total. The molecule has 1 heterocycles. The standard InChI is InChI=1S/C18H12ClF4N3S2/c1-24-10-25-28-27-17-8-14(19)12(7-15(17)20)9-26-5-4-11-6-13(18(21,22)23)2-3-16(11)26/h2-8,10H,1,9H2/b25-10-. The number of rotatable bonds is 6. The van der Waals surface area contributed by atoms with Gasteiger partial charge in [-0.1, -0.05) is 11.6 Å². The molecule has 146 valence electrons. The zero-order chi connectivity index (χ0) is 20.3. The van der Waals surface area contributed by atoms with E-state index >= 15 is 0 Å². The van der Waals surface area contributed by atoms with Crippen molar-refractivity contribution in [2.45, 2.75) is 17.6 Å². The molecule has 2 aromatic carbocycles. The third-order valence-electron chi connectivity index (χ3n) is 3.84. The SMILES string of the molecule is C=N/C=N\SSc1cc(Cl)c(Cn2ccc3cc(C(F)(F)F)ccc32)cc1F. The lowest BCUT2D eigenvalue weighted by atomic mass is 10.1. The summed E-state index contributed by atoms with van der Waals surface area (Å²) in [6.07, 6.45) is -1.51. The molecule has 0 aliphatic carbocycles. The van der Waals surface area contributed by atoms with Crippen LogP contribution in [-0.4, -0.2) is 17.6 Å². The van der Waals surface area contributed by atoms with E-state index in [-0.39, 0.29) is 6.54 Å². The van der Waals surface area contributed by atoms with Crippen LogP contribution in [0.3, 0.4) is 0 Å². The Morgan fingerprint density at radius 2 is 1.96 bits per heavy atom. The Hall–Kier alpha value is -1.97. The smallest absolute Gasteiger partial charge is 0.343 e. The average Bonchev–Trinajstić information content (AvgIpc) is 3.04. The van der Waals surface area contributed by atoms with Gasteiger partial charge in [-0.25, -0.2) is 4.39 Å². The summed E-state index contributed by atoms with van der Waals surface area (Å²) >= 11 is 6.28. The molecule has 10 heteroatoms. The molecule has 0 saturated heterocycles. The molecule has 0 spiro atoms. The van der Waals surface area contributed by atoms with Gasteiger partial charge in [0.15, 0.2) is 0 Å². The maximum atomic E-state index is 14.4. The van der Waals surface area contributed by atoms with E-state index in [0.717, 1.165) is 33.9 Å². The Kier molecular flexibility index (Phi) is 6.36. The first-order chi connectivity index (χ1) is 13.3. The molecule has 0 atom stereocenters. The number of halogens is 5. The van der Waals surface area contributed by atoms with Crippen LogP contribution in [0.2, 0.25) is 5.02 Å². The van der Waals surface area contributed by atoms with Crippen LogP contribution in [0.15, 0.2) is 56.9 Å². The molecule has 3 nitrogen and oxygen atoms in total. The Morgan fingerprint density at radius 1 is 1.18 bits per heavy atom. The van der Waals surface area contributed by atoms with E-state index in [1.807, 2.05) is 0 Å². The summed E-state index contributed by atoms with van der Waals surface area (Å²) in [6, 6.07) is 7.90. The lowest BCUT2D eigenvalue weighted by Gasteiger charge is -2.11. The van der Waals surface area contributed by atoms with Crippen LogP contribution in [0.5, 0.6) is 0 Å². The van der Waals surface area contributed by atoms with Gasteiger partial charge in [-0.3, -0.25) is 4.99 Å². The molecule has 28 heavy (non-hydrogen) atoms. The van der Waals surface area contributed by atoms with Crippen LogP contribution in [-0.2, 0) is 12.7 Å². The van der Waals surface area contributed by atoms with E-state index in [0.29, 0.717) is 26.4 Å².